The standard InChI is InChI=1S/C11H21N5O3/c1-16(2)10-13-9(12)14-11(15-10)19-8-7-18-6-4-5-17-3/h4-8H2,1-3H3,(H2,12,13,14,15). The number of anilines is 2. The van der Waals surface area contributed by atoms with Crippen LogP contribution in [0.3, 0.4) is 0 Å². The highest BCUT2D eigenvalue weighted by molar-refractivity contribution is 5.33. The Morgan fingerprint density at radius 1 is 1.05 bits per heavy atom. The number of aromatic nitrogens is 3. The summed E-state index contributed by atoms with van der Waals surface area (Å²) in [5.41, 5.74) is 5.57. The third kappa shape index (κ3) is 6.16. The zero-order valence-electron chi connectivity index (χ0n) is 11.6. The number of hydrogen-bond donors (Lipinski definition) is 1. The minimum atomic E-state index is 0.134. The smallest absolute Gasteiger partial charge is 0.323 e. The predicted molar refractivity (Wildman–Crippen MR) is 71.4 cm³/mol. The molecule has 0 aliphatic carbocycles. The van der Waals surface area contributed by atoms with E-state index in [-0.39, 0.29) is 12.0 Å². The molecule has 8 nitrogen and oxygen atoms in total. The van der Waals surface area contributed by atoms with Crippen molar-refractivity contribution in [3.8, 4) is 6.01 Å². The summed E-state index contributed by atoms with van der Waals surface area (Å²) in [5.74, 6) is 0.596. The Morgan fingerprint density at radius 2 is 1.84 bits per heavy atom. The lowest BCUT2D eigenvalue weighted by Crippen LogP contribution is -2.16. The SMILES string of the molecule is COCCCOCCOc1nc(N)nc(N(C)C)n1. The summed E-state index contributed by atoms with van der Waals surface area (Å²) < 4.78 is 15.6. The van der Waals surface area contributed by atoms with Crippen LogP contribution in [0.25, 0.3) is 0 Å². The molecule has 108 valence electrons. The first-order valence-corrected chi connectivity index (χ1v) is 6.02. The molecule has 1 aromatic rings. The molecule has 0 aliphatic heterocycles. The van der Waals surface area contributed by atoms with Crippen LogP contribution < -0.4 is 15.4 Å². The molecule has 0 atom stereocenters. The van der Waals surface area contributed by atoms with Gasteiger partial charge in [-0.05, 0) is 6.42 Å². The minimum absolute atomic E-state index is 0.134. The predicted octanol–water partition coefficient (Wildman–Crippen LogP) is -0.0483. The Kier molecular flexibility index (Phi) is 6.83. The van der Waals surface area contributed by atoms with E-state index in [1.165, 1.54) is 0 Å². The zero-order chi connectivity index (χ0) is 14.1. The lowest BCUT2D eigenvalue weighted by molar-refractivity contribution is 0.0783. The summed E-state index contributed by atoms with van der Waals surface area (Å²) in [6.45, 7) is 2.16. The first-order chi connectivity index (χ1) is 9.13. The van der Waals surface area contributed by atoms with Crippen molar-refractivity contribution in [1.29, 1.82) is 0 Å². The lowest BCUT2D eigenvalue weighted by Gasteiger charge is -2.11. The average molecular weight is 271 g/mol. The van der Waals surface area contributed by atoms with E-state index in [0.717, 1.165) is 6.42 Å². The Bertz CT molecular complexity index is 375. The zero-order valence-corrected chi connectivity index (χ0v) is 11.6. The molecule has 0 bridgehead atoms. The van der Waals surface area contributed by atoms with Gasteiger partial charge < -0.3 is 24.8 Å². The summed E-state index contributed by atoms with van der Waals surface area (Å²) in [5, 5.41) is 0. The van der Waals surface area contributed by atoms with E-state index >= 15 is 0 Å². The maximum absolute atomic E-state index is 5.57. The van der Waals surface area contributed by atoms with E-state index in [1.807, 2.05) is 14.1 Å². The molecule has 0 amide bonds. The Morgan fingerprint density at radius 3 is 2.53 bits per heavy atom. The van der Waals surface area contributed by atoms with Crippen LogP contribution in [0.4, 0.5) is 11.9 Å². The molecule has 0 aliphatic rings. The average Bonchev–Trinajstić information content (AvgIpc) is 2.37. The largest absolute Gasteiger partial charge is 0.461 e. The molecule has 0 aromatic carbocycles. The molecular weight excluding hydrogens is 250 g/mol. The van der Waals surface area contributed by atoms with E-state index in [0.29, 0.717) is 32.4 Å². The van der Waals surface area contributed by atoms with Gasteiger partial charge in [0, 0.05) is 34.4 Å². The van der Waals surface area contributed by atoms with E-state index in [4.69, 9.17) is 19.9 Å². The highest BCUT2D eigenvalue weighted by Gasteiger charge is 2.06. The van der Waals surface area contributed by atoms with Crippen molar-refractivity contribution >= 4 is 11.9 Å². The van der Waals surface area contributed by atoms with Crippen LogP contribution in [0.5, 0.6) is 6.01 Å². The van der Waals surface area contributed by atoms with Gasteiger partial charge in [-0.1, -0.05) is 0 Å². The van der Waals surface area contributed by atoms with Gasteiger partial charge in [0.2, 0.25) is 11.9 Å². The summed E-state index contributed by atoms with van der Waals surface area (Å²) in [6.07, 6.45) is 0.861. The van der Waals surface area contributed by atoms with Crippen molar-refractivity contribution in [2.45, 2.75) is 6.42 Å². The van der Waals surface area contributed by atoms with Gasteiger partial charge in [0.1, 0.15) is 6.61 Å². The van der Waals surface area contributed by atoms with Crippen molar-refractivity contribution in [2.24, 2.45) is 0 Å². The fraction of sp³-hybridized carbons (Fsp3) is 0.727. The van der Waals surface area contributed by atoms with Crippen LogP contribution in [-0.4, -0.2) is 62.6 Å². The topological polar surface area (TPSA) is 95.6 Å². The van der Waals surface area contributed by atoms with E-state index in [2.05, 4.69) is 15.0 Å². The summed E-state index contributed by atoms with van der Waals surface area (Å²) in [4.78, 5) is 13.7. The van der Waals surface area contributed by atoms with Crippen molar-refractivity contribution in [1.82, 2.24) is 15.0 Å². The fourth-order valence-electron chi connectivity index (χ4n) is 1.22. The van der Waals surface area contributed by atoms with Crippen molar-refractivity contribution in [3.05, 3.63) is 0 Å². The molecule has 2 N–H and O–H groups in total. The quantitative estimate of drug-likeness (QED) is 0.625. The van der Waals surface area contributed by atoms with Crippen molar-refractivity contribution in [2.75, 3.05) is 58.3 Å². The summed E-state index contributed by atoms with van der Waals surface area (Å²) in [7, 11) is 5.30. The van der Waals surface area contributed by atoms with Gasteiger partial charge in [0.05, 0.1) is 6.61 Å². The normalized spacial score (nSPS) is 10.5. The molecular formula is C11H21N5O3. The van der Waals surface area contributed by atoms with Crippen LogP contribution in [0.1, 0.15) is 6.42 Å². The van der Waals surface area contributed by atoms with Crippen LogP contribution in [0, 0.1) is 0 Å². The highest BCUT2D eigenvalue weighted by atomic mass is 16.5. The second kappa shape index (κ2) is 8.44. The third-order valence-electron chi connectivity index (χ3n) is 2.12. The number of nitrogens with zero attached hydrogens (tertiary/aromatic N) is 4. The monoisotopic (exact) mass is 271 g/mol. The number of nitrogen functional groups attached to an aromatic ring is 1. The molecule has 8 heteroatoms. The molecule has 1 heterocycles. The van der Waals surface area contributed by atoms with E-state index in [1.54, 1.807) is 12.0 Å². The number of nitrogens with two attached hydrogens (primary N) is 1. The number of hydrogen-bond acceptors (Lipinski definition) is 8. The number of methoxy groups -OCH3 is 1. The first kappa shape index (κ1) is 15.4. The first-order valence-electron chi connectivity index (χ1n) is 6.02. The molecule has 0 radical (unpaired) electrons. The van der Waals surface area contributed by atoms with Crippen molar-refractivity contribution < 1.29 is 14.2 Å². The van der Waals surface area contributed by atoms with Crippen LogP contribution in [0.2, 0.25) is 0 Å². The Labute approximate surface area is 112 Å². The molecule has 1 aromatic heterocycles. The number of rotatable bonds is 9. The fourth-order valence-corrected chi connectivity index (χ4v) is 1.22. The minimum Gasteiger partial charge on any atom is -0.461 e. The van der Waals surface area contributed by atoms with Crippen LogP contribution in [-0.2, 0) is 9.47 Å². The van der Waals surface area contributed by atoms with Gasteiger partial charge in [0.15, 0.2) is 0 Å². The Balaban J connectivity index is 2.29. The Hall–Kier alpha value is -1.67. The van der Waals surface area contributed by atoms with Gasteiger partial charge in [-0.2, -0.15) is 15.0 Å². The number of ether oxygens (including phenoxy) is 3. The molecule has 1 rings (SSSR count). The van der Waals surface area contributed by atoms with Crippen LogP contribution in [0.15, 0.2) is 0 Å². The lowest BCUT2D eigenvalue weighted by atomic mass is 10.5. The molecule has 0 spiro atoms. The molecule has 19 heavy (non-hydrogen) atoms. The third-order valence-corrected chi connectivity index (χ3v) is 2.12. The maximum atomic E-state index is 5.57. The van der Waals surface area contributed by atoms with Gasteiger partial charge >= 0.3 is 6.01 Å². The van der Waals surface area contributed by atoms with Gasteiger partial charge in [-0.3, -0.25) is 0 Å². The second-order valence-corrected chi connectivity index (χ2v) is 3.98. The maximum Gasteiger partial charge on any atom is 0.323 e. The van der Waals surface area contributed by atoms with Gasteiger partial charge in [-0.15, -0.1) is 0 Å². The highest BCUT2D eigenvalue weighted by Crippen LogP contribution is 2.10. The molecule has 0 saturated carbocycles. The molecule has 0 saturated heterocycles. The summed E-state index contributed by atoms with van der Waals surface area (Å²) in [6, 6.07) is 0.205. The molecule has 0 unspecified atom stereocenters. The van der Waals surface area contributed by atoms with Gasteiger partial charge in [0.25, 0.3) is 0 Å². The molecule has 0 fully saturated rings. The van der Waals surface area contributed by atoms with Crippen molar-refractivity contribution in [3.63, 3.8) is 0 Å². The second-order valence-electron chi connectivity index (χ2n) is 3.98. The summed E-state index contributed by atoms with van der Waals surface area (Å²) >= 11 is 0. The van der Waals surface area contributed by atoms with E-state index in [9.17, 15) is 0 Å². The van der Waals surface area contributed by atoms with Crippen LogP contribution >= 0.6 is 0 Å². The van der Waals surface area contributed by atoms with E-state index < -0.39 is 0 Å². The van der Waals surface area contributed by atoms with Gasteiger partial charge in [-0.25, -0.2) is 0 Å².